The number of nitrogens with zero attached hydrogens (tertiary/aromatic N) is 7. The van der Waals surface area contributed by atoms with Crippen molar-refractivity contribution in [3.63, 3.8) is 0 Å². The standard InChI is InChI=1S/C20H15ClF3N7O/c1-10-9-30-17(14-8-11(32-2)6-7-25-14)27-28-18(30)19-29-26-16(31(10)19)12-4-3-5-13(15(12)21)20(22,23)24/h3-8,10H,9H2,1-2H3. The molecule has 1 unspecified atom stereocenters. The highest BCUT2D eigenvalue weighted by molar-refractivity contribution is 6.34. The van der Waals surface area contributed by atoms with E-state index in [1.165, 1.54) is 12.1 Å². The summed E-state index contributed by atoms with van der Waals surface area (Å²) in [5, 5.41) is 16.4. The third-order valence-corrected chi connectivity index (χ3v) is 5.68. The Kier molecular flexibility index (Phi) is 4.66. The fraction of sp³-hybridized carbons (Fsp3) is 0.250. The van der Waals surface area contributed by atoms with Gasteiger partial charge in [-0.05, 0) is 25.1 Å². The Morgan fingerprint density at radius 2 is 1.75 bits per heavy atom. The first-order valence-electron chi connectivity index (χ1n) is 9.54. The maximum absolute atomic E-state index is 13.3. The molecule has 0 amide bonds. The van der Waals surface area contributed by atoms with E-state index in [1.54, 1.807) is 30.0 Å². The summed E-state index contributed by atoms with van der Waals surface area (Å²) in [6, 6.07) is 6.98. The third-order valence-electron chi connectivity index (χ3n) is 5.28. The molecule has 3 aromatic heterocycles. The first-order chi connectivity index (χ1) is 15.3. The number of fused-ring (bicyclic) bond motifs is 3. The second kappa shape index (κ2) is 7.30. The topological polar surface area (TPSA) is 83.5 Å². The van der Waals surface area contributed by atoms with Gasteiger partial charge in [-0.2, -0.15) is 13.2 Å². The maximum Gasteiger partial charge on any atom is 0.417 e. The summed E-state index contributed by atoms with van der Waals surface area (Å²) in [6.07, 6.45) is -2.97. The molecular formula is C20H15ClF3N7O. The van der Waals surface area contributed by atoms with Crippen LogP contribution in [0.25, 0.3) is 34.6 Å². The van der Waals surface area contributed by atoms with Crippen molar-refractivity contribution in [3.8, 4) is 40.3 Å². The highest BCUT2D eigenvalue weighted by atomic mass is 35.5. The van der Waals surface area contributed by atoms with Gasteiger partial charge < -0.3 is 9.30 Å². The van der Waals surface area contributed by atoms with Gasteiger partial charge in [0.25, 0.3) is 0 Å². The van der Waals surface area contributed by atoms with Crippen LogP contribution in [-0.4, -0.2) is 41.6 Å². The van der Waals surface area contributed by atoms with Gasteiger partial charge in [0.15, 0.2) is 11.6 Å². The quantitative estimate of drug-likeness (QED) is 0.446. The second-order valence-corrected chi connectivity index (χ2v) is 7.65. The van der Waals surface area contributed by atoms with Gasteiger partial charge in [0, 0.05) is 24.4 Å². The lowest BCUT2D eigenvalue weighted by Gasteiger charge is -2.25. The van der Waals surface area contributed by atoms with Crippen molar-refractivity contribution in [1.82, 2.24) is 34.5 Å². The molecule has 5 rings (SSSR count). The molecule has 1 aliphatic rings. The fourth-order valence-electron chi connectivity index (χ4n) is 3.81. The van der Waals surface area contributed by atoms with Crippen molar-refractivity contribution in [1.29, 1.82) is 0 Å². The van der Waals surface area contributed by atoms with E-state index in [9.17, 15) is 13.2 Å². The Labute approximate surface area is 184 Å². The molecule has 0 radical (unpaired) electrons. The molecular weight excluding hydrogens is 447 g/mol. The minimum absolute atomic E-state index is 0.148. The first-order valence-corrected chi connectivity index (χ1v) is 9.92. The zero-order chi connectivity index (χ0) is 22.6. The number of ether oxygens (including phenoxy) is 1. The Balaban J connectivity index is 1.64. The van der Waals surface area contributed by atoms with E-state index >= 15 is 0 Å². The summed E-state index contributed by atoms with van der Waals surface area (Å²) in [6.45, 7) is 2.34. The van der Waals surface area contributed by atoms with Crippen molar-refractivity contribution < 1.29 is 17.9 Å². The van der Waals surface area contributed by atoms with Crippen LogP contribution in [0.4, 0.5) is 13.2 Å². The maximum atomic E-state index is 13.3. The molecule has 1 aromatic carbocycles. The van der Waals surface area contributed by atoms with Gasteiger partial charge in [0.1, 0.15) is 11.4 Å². The van der Waals surface area contributed by atoms with Crippen molar-refractivity contribution in [2.75, 3.05) is 7.11 Å². The zero-order valence-electron chi connectivity index (χ0n) is 16.8. The molecule has 0 fully saturated rings. The predicted molar refractivity (Wildman–Crippen MR) is 109 cm³/mol. The normalized spacial score (nSPS) is 15.4. The summed E-state index contributed by atoms with van der Waals surface area (Å²) >= 11 is 6.13. The molecule has 4 aromatic rings. The van der Waals surface area contributed by atoms with Crippen LogP contribution in [0.2, 0.25) is 5.02 Å². The molecule has 1 atom stereocenters. The van der Waals surface area contributed by atoms with Crippen LogP contribution in [-0.2, 0) is 12.7 Å². The van der Waals surface area contributed by atoms with Gasteiger partial charge >= 0.3 is 6.18 Å². The van der Waals surface area contributed by atoms with E-state index in [2.05, 4.69) is 25.4 Å². The average molecular weight is 462 g/mol. The number of hydrogen-bond donors (Lipinski definition) is 0. The minimum Gasteiger partial charge on any atom is -0.497 e. The highest BCUT2D eigenvalue weighted by Gasteiger charge is 2.36. The SMILES string of the molecule is COc1ccnc(-c2nnc3n2CC(C)n2c(-c4cccc(C(F)(F)F)c4Cl)nnc2-3)c1. The fourth-order valence-corrected chi connectivity index (χ4v) is 4.12. The largest absolute Gasteiger partial charge is 0.497 e. The van der Waals surface area contributed by atoms with Gasteiger partial charge in [-0.15, -0.1) is 20.4 Å². The van der Waals surface area contributed by atoms with Crippen LogP contribution in [0.3, 0.4) is 0 Å². The van der Waals surface area contributed by atoms with E-state index in [4.69, 9.17) is 16.3 Å². The molecule has 164 valence electrons. The predicted octanol–water partition coefficient (Wildman–Crippen LogP) is 4.52. The lowest BCUT2D eigenvalue weighted by atomic mass is 10.1. The van der Waals surface area contributed by atoms with Crippen molar-refractivity contribution in [3.05, 3.63) is 47.1 Å². The third kappa shape index (κ3) is 3.11. The van der Waals surface area contributed by atoms with E-state index < -0.39 is 16.8 Å². The smallest absolute Gasteiger partial charge is 0.417 e. The van der Waals surface area contributed by atoms with Crippen LogP contribution in [0, 0.1) is 0 Å². The Morgan fingerprint density at radius 1 is 1.03 bits per heavy atom. The Bertz CT molecular complexity index is 1330. The molecule has 4 heterocycles. The monoisotopic (exact) mass is 461 g/mol. The van der Waals surface area contributed by atoms with Crippen molar-refractivity contribution in [2.24, 2.45) is 0 Å². The lowest BCUT2D eigenvalue weighted by Crippen LogP contribution is -2.22. The zero-order valence-corrected chi connectivity index (χ0v) is 17.6. The van der Waals surface area contributed by atoms with Crippen LogP contribution < -0.4 is 4.74 Å². The summed E-state index contributed by atoms with van der Waals surface area (Å²) < 4.78 is 48.9. The van der Waals surface area contributed by atoms with Crippen LogP contribution in [0.15, 0.2) is 36.5 Å². The van der Waals surface area contributed by atoms with Gasteiger partial charge in [-0.3, -0.25) is 9.55 Å². The van der Waals surface area contributed by atoms with Crippen molar-refractivity contribution in [2.45, 2.75) is 25.7 Å². The number of aromatic nitrogens is 7. The lowest BCUT2D eigenvalue weighted by molar-refractivity contribution is -0.137. The number of benzene rings is 1. The van der Waals surface area contributed by atoms with Gasteiger partial charge in [0.2, 0.25) is 11.6 Å². The number of halogens is 4. The minimum atomic E-state index is -4.58. The molecule has 0 spiro atoms. The van der Waals surface area contributed by atoms with Gasteiger partial charge in [0.05, 0.1) is 23.7 Å². The average Bonchev–Trinajstić information content (AvgIpc) is 3.38. The van der Waals surface area contributed by atoms with Gasteiger partial charge in [-0.25, -0.2) is 0 Å². The Hall–Kier alpha value is -3.47. The molecule has 1 aliphatic heterocycles. The summed E-state index contributed by atoms with van der Waals surface area (Å²) in [5.41, 5.74) is -0.203. The highest BCUT2D eigenvalue weighted by Crippen LogP contribution is 2.41. The number of pyridine rings is 1. The van der Waals surface area contributed by atoms with E-state index in [0.717, 1.165) is 6.07 Å². The molecule has 0 bridgehead atoms. The van der Waals surface area contributed by atoms with Crippen LogP contribution in [0.1, 0.15) is 18.5 Å². The number of hydrogen-bond acceptors (Lipinski definition) is 6. The van der Waals surface area contributed by atoms with E-state index in [-0.39, 0.29) is 17.4 Å². The number of rotatable bonds is 3. The molecule has 0 aliphatic carbocycles. The Morgan fingerprint density at radius 3 is 2.50 bits per heavy atom. The number of methoxy groups -OCH3 is 1. The summed E-state index contributed by atoms with van der Waals surface area (Å²) in [7, 11) is 1.56. The first kappa shape index (κ1) is 20.4. The summed E-state index contributed by atoms with van der Waals surface area (Å²) in [4.78, 5) is 4.35. The number of alkyl halides is 3. The molecule has 0 saturated carbocycles. The van der Waals surface area contributed by atoms with Crippen LogP contribution >= 0.6 is 11.6 Å². The molecule has 32 heavy (non-hydrogen) atoms. The second-order valence-electron chi connectivity index (χ2n) is 7.27. The molecule has 0 N–H and O–H groups in total. The van der Waals surface area contributed by atoms with Crippen LogP contribution in [0.5, 0.6) is 5.75 Å². The van der Waals surface area contributed by atoms with E-state index in [1.807, 2.05) is 11.5 Å². The molecule has 12 heteroatoms. The molecule has 0 saturated heterocycles. The molecule has 8 nitrogen and oxygen atoms in total. The van der Waals surface area contributed by atoms with Crippen molar-refractivity contribution >= 4 is 11.6 Å². The van der Waals surface area contributed by atoms with E-state index in [0.29, 0.717) is 35.5 Å². The van der Waals surface area contributed by atoms with Gasteiger partial charge in [-0.1, -0.05) is 17.7 Å². The summed E-state index contributed by atoms with van der Waals surface area (Å²) in [5.74, 6) is 2.21.